The zero-order valence-electron chi connectivity index (χ0n) is 9.43. The van der Waals surface area contributed by atoms with E-state index in [0.29, 0.717) is 11.5 Å². The summed E-state index contributed by atoms with van der Waals surface area (Å²) in [6.07, 6.45) is 1.52. The van der Waals surface area contributed by atoms with Gasteiger partial charge >= 0.3 is 0 Å². The van der Waals surface area contributed by atoms with Gasteiger partial charge in [0.05, 0.1) is 17.4 Å². The summed E-state index contributed by atoms with van der Waals surface area (Å²) in [6, 6.07) is 1.18. The number of amides is 2. The highest BCUT2D eigenvalue weighted by Crippen LogP contribution is 2.16. The minimum Gasteiger partial charge on any atom is -0.397 e. The molecule has 1 aromatic rings. The number of nitrogen functional groups attached to an aromatic ring is 1. The van der Waals surface area contributed by atoms with Crippen molar-refractivity contribution in [2.45, 2.75) is 19.4 Å². The Kier molecular flexibility index (Phi) is 3.86. The Labute approximate surface area is 98.4 Å². The molecule has 7 N–H and O–H groups in total. The summed E-state index contributed by atoms with van der Waals surface area (Å²) < 4.78 is 0. The molecule has 0 spiro atoms. The van der Waals surface area contributed by atoms with E-state index in [1.54, 1.807) is 6.92 Å². The van der Waals surface area contributed by atoms with Crippen molar-refractivity contribution in [3.05, 3.63) is 17.8 Å². The summed E-state index contributed by atoms with van der Waals surface area (Å²) in [6.45, 7) is 1.74. The van der Waals surface area contributed by atoms with E-state index in [-0.39, 0.29) is 18.0 Å². The SMILES string of the molecule is CC(CC(N)=O)Nc1ncc(N)cc1C(N)=O. The molecule has 0 saturated carbocycles. The van der Waals surface area contributed by atoms with E-state index in [4.69, 9.17) is 17.2 Å². The highest BCUT2D eigenvalue weighted by Gasteiger charge is 2.13. The first kappa shape index (κ1) is 12.8. The molecule has 2 amide bonds. The van der Waals surface area contributed by atoms with Gasteiger partial charge < -0.3 is 22.5 Å². The number of primary amides is 2. The number of carbonyl (C=O) groups is 2. The van der Waals surface area contributed by atoms with Crippen LogP contribution >= 0.6 is 0 Å². The second kappa shape index (κ2) is 5.15. The van der Waals surface area contributed by atoms with Crippen LogP contribution in [0.15, 0.2) is 12.3 Å². The summed E-state index contributed by atoms with van der Waals surface area (Å²) >= 11 is 0. The van der Waals surface area contributed by atoms with Crippen molar-refractivity contribution >= 4 is 23.3 Å². The molecule has 1 unspecified atom stereocenters. The van der Waals surface area contributed by atoms with Gasteiger partial charge in [-0.05, 0) is 13.0 Å². The number of nitrogens with two attached hydrogens (primary N) is 3. The van der Waals surface area contributed by atoms with E-state index in [1.807, 2.05) is 0 Å². The van der Waals surface area contributed by atoms with Crippen molar-refractivity contribution in [3.63, 3.8) is 0 Å². The lowest BCUT2D eigenvalue weighted by atomic mass is 10.2. The first-order chi connectivity index (χ1) is 7.90. The van der Waals surface area contributed by atoms with Crippen molar-refractivity contribution < 1.29 is 9.59 Å². The van der Waals surface area contributed by atoms with Crippen molar-refractivity contribution in [2.75, 3.05) is 11.1 Å². The fraction of sp³-hybridized carbons (Fsp3) is 0.300. The van der Waals surface area contributed by atoms with Crippen LogP contribution in [-0.2, 0) is 4.79 Å². The molecule has 7 nitrogen and oxygen atoms in total. The third-order valence-electron chi connectivity index (χ3n) is 2.06. The summed E-state index contributed by atoms with van der Waals surface area (Å²) in [4.78, 5) is 25.9. The molecule has 1 aromatic heterocycles. The average Bonchev–Trinajstić information content (AvgIpc) is 2.19. The third-order valence-corrected chi connectivity index (χ3v) is 2.06. The summed E-state index contributed by atoms with van der Waals surface area (Å²) in [5.41, 5.74) is 16.3. The smallest absolute Gasteiger partial charge is 0.252 e. The second-order valence-electron chi connectivity index (χ2n) is 3.74. The minimum absolute atomic E-state index is 0.129. The molecular formula is C10H15N5O2. The summed E-state index contributed by atoms with van der Waals surface area (Å²) in [5.74, 6) is -0.792. The largest absolute Gasteiger partial charge is 0.397 e. The number of rotatable bonds is 5. The third kappa shape index (κ3) is 3.63. The van der Waals surface area contributed by atoms with E-state index < -0.39 is 11.8 Å². The van der Waals surface area contributed by atoms with Crippen LogP contribution in [0.4, 0.5) is 11.5 Å². The van der Waals surface area contributed by atoms with E-state index >= 15 is 0 Å². The van der Waals surface area contributed by atoms with Crippen LogP contribution in [-0.4, -0.2) is 22.8 Å². The van der Waals surface area contributed by atoms with E-state index in [2.05, 4.69) is 10.3 Å². The minimum atomic E-state index is -0.640. The Balaban J connectivity index is 2.90. The Morgan fingerprint density at radius 1 is 1.47 bits per heavy atom. The molecule has 0 aliphatic carbocycles. The van der Waals surface area contributed by atoms with E-state index in [0.717, 1.165) is 0 Å². The van der Waals surface area contributed by atoms with Gasteiger partial charge in [-0.15, -0.1) is 0 Å². The van der Waals surface area contributed by atoms with Crippen LogP contribution < -0.4 is 22.5 Å². The predicted molar refractivity (Wildman–Crippen MR) is 64.1 cm³/mol. The number of pyridine rings is 1. The fourth-order valence-electron chi connectivity index (χ4n) is 1.37. The number of carbonyl (C=O) groups excluding carboxylic acids is 2. The predicted octanol–water partition coefficient (Wildman–Crippen LogP) is -0.562. The molecule has 1 atom stereocenters. The number of hydrogen-bond acceptors (Lipinski definition) is 5. The summed E-state index contributed by atoms with van der Waals surface area (Å²) in [5, 5.41) is 2.88. The molecule has 7 heteroatoms. The number of nitrogens with one attached hydrogen (secondary N) is 1. The van der Waals surface area contributed by atoms with Gasteiger partial charge in [-0.25, -0.2) is 4.98 Å². The zero-order valence-corrected chi connectivity index (χ0v) is 9.43. The van der Waals surface area contributed by atoms with Gasteiger partial charge in [0.15, 0.2) is 0 Å². The number of aromatic nitrogens is 1. The van der Waals surface area contributed by atoms with Gasteiger partial charge in [-0.3, -0.25) is 9.59 Å². The maximum Gasteiger partial charge on any atom is 0.252 e. The molecular weight excluding hydrogens is 222 g/mol. The molecule has 0 aliphatic heterocycles. The fourth-order valence-corrected chi connectivity index (χ4v) is 1.37. The van der Waals surface area contributed by atoms with E-state index in [9.17, 15) is 9.59 Å². The molecule has 17 heavy (non-hydrogen) atoms. The van der Waals surface area contributed by atoms with E-state index in [1.165, 1.54) is 12.3 Å². The van der Waals surface area contributed by atoms with Crippen LogP contribution in [0.3, 0.4) is 0 Å². The van der Waals surface area contributed by atoms with Crippen molar-refractivity contribution in [1.82, 2.24) is 4.98 Å². The Morgan fingerprint density at radius 2 is 2.12 bits per heavy atom. The first-order valence-electron chi connectivity index (χ1n) is 5.00. The standard InChI is InChI=1S/C10H15N5O2/c1-5(2-8(12)16)15-10-7(9(13)17)3-6(11)4-14-10/h3-5H,2,11H2,1H3,(H2,12,16)(H2,13,17)(H,14,15). The average molecular weight is 237 g/mol. The molecule has 1 rings (SSSR count). The molecule has 92 valence electrons. The quantitative estimate of drug-likeness (QED) is 0.544. The molecule has 0 fully saturated rings. The van der Waals surface area contributed by atoms with Crippen LogP contribution in [0.5, 0.6) is 0 Å². The first-order valence-corrected chi connectivity index (χ1v) is 5.00. The van der Waals surface area contributed by atoms with Crippen LogP contribution in [0.2, 0.25) is 0 Å². The Bertz CT molecular complexity index is 446. The van der Waals surface area contributed by atoms with Gasteiger partial charge in [0.2, 0.25) is 5.91 Å². The Morgan fingerprint density at radius 3 is 2.65 bits per heavy atom. The van der Waals surface area contributed by atoms with Gasteiger partial charge in [0, 0.05) is 12.5 Å². The van der Waals surface area contributed by atoms with Crippen molar-refractivity contribution in [1.29, 1.82) is 0 Å². The molecule has 0 saturated heterocycles. The topological polar surface area (TPSA) is 137 Å². The van der Waals surface area contributed by atoms with Gasteiger partial charge in [0.25, 0.3) is 5.91 Å². The maximum absolute atomic E-state index is 11.2. The lowest BCUT2D eigenvalue weighted by Gasteiger charge is -2.14. The van der Waals surface area contributed by atoms with Gasteiger partial charge in [-0.1, -0.05) is 0 Å². The molecule has 0 bridgehead atoms. The normalized spacial score (nSPS) is 11.8. The molecule has 0 aliphatic rings. The highest BCUT2D eigenvalue weighted by molar-refractivity contribution is 5.98. The van der Waals surface area contributed by atoms with Crippen LogP contribution in [0.25, 0.3) is 0 Å². The van der Waals surface area contributed by atoms with Crippen molar-refractivity contribution in [3.8, 4) is 0 Å². The summed E-state index contributed by atoms with van der Waals surface area (Å²) in [7, 11) is 0. The number of hydrogen-bond donors (Lipinski definition) is 4. The van der Waals surface area contributed by atoms with Gasteiger partial charge in [-0.2, -0.15) is 0 Å². The molecule has 0 aromatic carbocycles. The highest BCUT2D eigenvalue weighted by atomic mass is 16.1. The lowest BCUT2D eigenvalue weighted by molar-refractivity contribution is -0.118. The molecule has 1 heterocycles. The maximum atomic E-state index is 11.2. The molecule has 0 radical (unpaired) electrons. The Hall–Kier alpha value is -2.31. The second-order valence-corrected chi connectivity index (χ2v) is 3.74. The van der Waals surface area contributed by atoms with Crippen LogP contribution in [0.1, 0.15) is 23.7 Å². The number of anilines is 2. The number of nitrogens with zero attached hydrogens (tertiary/aromatic N) is 1. The lowest BCUT2D eigenvalue weighted by Crippen LogP contribution is -2.26. The van der Waals surface area contributed by atoms with Crippen molar-refractivity contribution in [2.24, 2.45) is 11.5 Å². The monoisotopic (exact) mass is 237 g/mol. The zero-order chi connectivity index (χ0) is 13.0. The van der Waals surface area contributed by atoms with Crippen LogP contribution in [0, 0.1) is 0 Å². The van der Waals surface area contributed by atoms with Gasteiger partial charge in [0.1, 0.15) is 5.82 Å².